The molecule has 25 heavy (non-hydrogen) atoms. The zero-order chi connectivity index (χ0) is 17.4. The van der Waals surface area contributed by atoms with Crippen molar-refractivity contribution in [1.29, 1.82) is 0 Å². The summed E-state index contributed by atoms with van der Waals surface area (Å²) in [7, 11) is 1.25. The van der Waals surface area contributed by atoms with Crippen LogP contribution in [0.3, 0.4) is 0 Å². The number of aromatic nitrogens is 5. The average Bonchev–Trinajstić information content (AvgIpc) is 3.35. The standard InChI is InChI=1S/C15H11N5O5/c1-23-15(22)9-6-20(5-8-12(9)17-18-14(8)21)7-11-16-13(19-25-11)10-3-2-4-24-10/h2-6H,7H2,1H3,(H,18,21). The molecule has 0 spiro atoms. The lowest BCUT2D eigenvalue weighted by Gasteiger charge is -2.09. The van der Waals surface area contributed by atoms with Gasteiger partial charge in [0.2, 0.25) is 11.7 Å². The number of ether oxygens (including phenoxy) is 1. The Hall–Kier alpha value is -3.69. The Balaban J connectivity index is 1.72. The summed E-state index contributed by atoms with van der Waals surface area (Å²) in [4.78, 5) is 28.0. The molecule has 10 heteroatoms. The average molecular weight is 341 g/mol. The SMILES string of the molecule is COC(=O)c1cn(Cc2nc(-c3ccco3)no2)cc2c(=O)[nH]nc1-2. The molecule has 0 aromatic carbocycles. The van der Waals surface area contributed by atoms with E-state index in [9.17, 15) is 9.59 Å². The molecule has 2 aromatic rings. The first kappa shape index (κ1) is 14.9. The van der Waals surface area contributed by atoms with Gasteiger partial charge in [0.1, 0.15) is 17.8 Å². The molecule has 1 N–H and O–H groups in total. The summed E-state index contributed by atoms with van der Waals surface area (Å²) in [6, 6.07) is 3.42. The topological polar surface area (TPSA) is 129 Å². The van der Waals surface area contributed by atoms with Gasteiger partial charge in [-0.2, -0.15) is 10.1 Å². The van der Waals surface area contributed by atoms with E-state index in [0.717, 1.165) is 0 Å². The molecule has 4 heterocycles. The summed E-state index contributed by atoms with van der Waals surface area (Å²) in [5.41, 5.74) is 0.254. The van der Waals surface area contributed by atoms with Crippen LogP contribution in [0.4, 0.5) is 0 Å². The van der Waals surface area contributed by atoms with Gasteiger partial charge >= 0.3 is 5.97 Å². The molecular formula is C15H11N5O5. The lowest BCUT2D eigenvalue weighted by atomic mass is 10.1. The van der Waals surface area contributed by atoms with Crippen molar-refractivity contribution in [2.75, 3.05) is 7.11 Å². The molecule has 0 amide bonds. The number of hydrogen-bond donors (Lipinski definition) is 1. The van der Waals surface area contributed by atoms with Crippen molar-refractivity contribution < 1.29 is 18.5 Å². The molecular weight excluding hydrogens is 330 g/mol. The second-order valence-electron chi connectivity index (χ2n) is 5.14. The van der Waals surface area contributed by atoms with Crippen molar-refractivity contribution in [3.8, 4) is 22.8 Å². The Morgan fingerprint density at radius 1 is 1.40 bits per heavy atom. The molecule has 0 saturated carbocycles. The van der Waals surface area contributed by atoms with Gasteiger partial charge in [-0.05, 0) is 12.1 Å². The van der Waals surface area contributed by atoms with Crippen LogP contribution >= 0.6 is 0 Å². The number of carbonyl (C=O) groups excluding carboxylic acids is 1. The van der Waals surface area contributed by atoms with Gasteiger partial charge < -0.3 is 18.2 Å². The van der Waals surface area contributed by atoms with Crippen LogP contribution in [0.25, 0.3) is 22.8 Å². The highest BCUT2D eigenvalue weighted by molar-refractivity contribution is 5.95. The van der Waals surface area contributed by atoms with E-state index in [4.69, 9.17) is 13.7 Å². The molecule has 0 radical (unpaired) electrons. The van der Waals surface area contributed by atoms with Crippen LogP contribution in [-0.2, 0) is 11.3 Å². The number of fused-ring (bicyclic) bond motifs is 1. The predicted octanol–water partition coefficient (Wildman–Crippen LogP) is 1.15. The summed E-state index contributed by atoms with van der Waals surface area (Å²) in [5.74, 6) is 0.459. The number of pyridine rings is 1. The molecule has 2 aliphatic heterocycles. The number of furan rings is 1. The number of carbonyl (C=O) groups is 1. The second kappa shape index (κ2) is 5.74. The lowest BCUT2D eigenvalue weighted by Crippen LogP contribution is -2.12. The molecule has 0 saturated heterocycles. The number of hydrogen-bond acceptors (Lipinski definition) is 8. The number of aromatic amines is 1. The highest BCUT2D eigenvalue weighted by Gasteiger charge is 2.22. The molecule has 126 valence electrons. The van der Waals surface area contributed by atoms with Gasteiger partial charge in [-0.3, -0.25) is 4.79 Å². The Morgan fingerprint density at radius 2 is 2.28 bits per heavy atom. The van der Waals surface area contributed by atoms with E-state index < -0.39 is 11.5 Å². The zero-order valence-corrected chi connectivity index (χ0v) is 12.9. The van der Waals surface area contributed by atoms with Crippen LogP contribution in [0, 0.1) is 0 Å². The van der Waals surface area contributed by atoms with E-state index in [0.29, 0.717) is 11.6 Å². The van der Waals surface area contributed by atoms with E-state index in [-0.39, 0.29) is 29.3 Å². The minimum absolute atomic E-state index is 0.151. The minimum atomic E-state index is -0.604. The van der Waals surface area contributed by atoms with E-state index in [1.54, 1.807) is 22.9 Å². The molecule has 0 unspecified atom stereocenters. The molecule has 0 atom stereocenters. The first-order valence-corrected chi connectivity index (χ1v) is 7.18. The van der Waals surface area contributed by atoms with Gasteiger partial charge in [-0.15, -0.1) is 0 Å². The van der Waals surface area contributed by atoms with Crippen molar-refractivity contribution >= 4 is 5.97 Å². The Bertz CT molecular complexity index is 1060. The highest BCUT2D eigenvalue weighted by atomic mass is 16.5. The molecule has 2 aromatic heterocycles. The molecule has 2 aliphatic rings. The maximum atomic E-state index is 11.9. The highest BCUT2D eigenvalue weighted by Crippen LogP contribution is 2.21. The molecule has 10 nitrogen and oxygen atoms in total. The zero-order valence-electron chi connectivity index (χ0n) is 12.9. The summed E-state index contributed by atoms with van der Waals surface area (Å²) in [6.07, 6.45) is 4.56. The number of H-pyrrole nitrogens is 1. The van der Waals surface area contributed by atoms with E-state index in [2.05, 4.69) is 20.3 Å². The van der Waals surface area contributed by atoms with Gasteiger partial charge in [-0.1, -0.05) is 5.16 Å². The van der Waals surface area contributed by atoms with Gasteiger partial charge in [-0.25, -0.2) is 9.89 Å². The predicted molar refractivity (Wildman–Crippen MR) is 81.9 cm³/mol. The number of nitrogens with zero attached hydrogens (tertiary/aromatic N) is 4. The number of rotatable bonds is 4. The smallest absolute Gasteiger partial charge is 0.341 e. The van der Waals surface area contributed by atoms with Crippen LogP contribution in [0.5, 0.6) is 0 Å². The van der Waals surface area contributed by atoms with Crippen molar-refractivity contribution in [3.05, 3.63) is 52.6 Å². The molecule has 0 bridgehead atoms. The fraction of sp³-hybridized carbons (Fsp3) is 0.133. The summed E-state index contributed by atoms with van der Waals surface area (Å²) < 4.78 is 16.7. The molecule has 0 aliphatic carbocycles. The first-order valence-electron chi connectivity index (χ1n) is 7.18. The Labute approximate surface area is 139 Å². The maximum Gasteiger partial charge on any atom is 0.341 e. The van der Waals surface area contributed by atoms with E-state index in [1.807, 2.05) is 0 Å². The van der Waals surface area contributed by atoms with Crippen LogP contribution in [0.2, 0.25) is 0 Å². The number of esters is 1. The maximum absolute atomic E-state index is 11.9. The van der Waals surface area contributed by atoms with Crippen molar-refractivity contribution in [3.63, 3.8) is 0 Å². The third-order valence-electron chi connectivity index (χ3n) is 3.55. The monoisotopic (exact) mass is 341 g/mol. The fourth-order valence-electron chi connectivity index (χ4n) is 2.42. The van der Waals surface area contributed by atoms with Gasteiger partial charge in [0.25, 0.3) is 5.56 Å². The molecule has 4 rings (SSSR count). The van der Waals surface area contributed by atoms with Crippen LogP contribution < -0.4 is 5.56 Å². The lowest BCUT2D eigenvalue weighted by molar-refractivity contribution is 0.0600. The van der Waals surface area contributed by atoms with Crippen molar-refractivity contribution in [2.45, 2.75) is 6.54 Å². The largest absolute Gasteiger partial charge is 0.465 e. The van der Waals surface area contributed by atoms with Crippen molar-refractivity contribution in [1.82, 2.24) is 24.9 Å². The first-order chi connectivity index (χ1) is 12.2. The van der Waals surface area contributed by atoms with Crippen molar-refractivity contribution in [2.24, 2.45) is 0 Å². The van der Waals surface area contributed by atoms with Gasteiger partial charge in [0, 0.05) is 12.4 Å². The van der Waals surface area contributed by atoms with Crippen LogP contribution in [0.1, 0.15) is 16.2 Å². The second-order valence-corrected chi connectivity index (χ2v) is 5.14. The normalized spacial score (nSPS) is 11.1. The van der Waals surface area contributed by atoms with Gasteiger partial charge in [0.15, 0.2) is 5.76 Å². The number of methoxy groups -OCH3 is 1. The van der Waals surface area contributed by atoms with E-state index in [1.165, 1.54) is 19.6 Å². The summed E-state index contributed by atoms with van der Waals surface area (Å²) in [5, 5.41) is 10.0. The summed E-state index contributed by atoms with van der Waals surface area (Å²) >= 11 is 0. The Morgan fingerprint density at radius 3 is 3.04 bits per heavy atom. The fourth-order valence-corrected chi connectivity index (χ4v) is 2.42. The summed E-state index contributed by atoms with van der Waals surface area (Å²) in [6.45, 7) is 0.151. The Kier molecular flexibility index (Phi) is 3.42. The van der Waals surface area contributed by atoms with Crippen LogP contribution in [-0.4, -0.2) is 38.0 Å². The third-order valence-corrected chi connectivity index (χ3v) is 3.55. The molecule has 0 fully saturated rings. The number of nitrogens with one attached hydrogen (secondary N) is 1. The quantitative estimate of drug-likeness (QED) is 0.547. The minimum Gasteiger partial charge on any atom is -0.465 e. The third kappa shape index (κ3) is 2.59. The van der Waals surface area contributed by atoms with Crippen LogP contribution in [0.15, 0.2) is 44.5 Å². The van der Waals surface area contributed by atoms with E-state index >= 15 is 0 Å². The van der Waals surface area contributed by atoms with Gasteiger partial charge in [0.05, 0.1) is 18.9 Å².